The summed E-state index contributed by atoms with van der Waals surface area (Å²) in [6.07, 6.45) is 40.7. The van der Waals surface area contributed by atoms with Gasteiger partial charge in [-0.15, -0.1) is 0 Å². The van der Waals surface area contributed by atoms with Crippen LogP contribution in [-0.2, 0) is 180 Å². The number of nitrogens with zero attached hydrogens (tertiary/aromatic N) is 8. The Morgan fingerprint density at radius 3 is 0.283 bits per heavy atom. The number of hydrogen-bond donors (Lipinski definition) is 8. The Morgan fingerprint density at radius 1 is 0.183 bits per heavy atom. The molecule has 0 spiro atoms. The molecule has 36 heteroatoms. The third-order valence-corrected chi connectivity index (χ3v) is 3.25. The maximum atomic E-state index is 3.67. The molecular weight excluding hydrogens is 1070 g/mol. The minimum Gasteiger partial charge on any atom is -2.00 e. The van der Waals surface area contributed by atoms with Crippen LogP contribution in [0.25, 0.3) is 0 Å². The normalized spacial score (nSPS) is 5.33. The molecule has 0 saturated carbocycles. The predicted molar refractivity (Wildman–Crippen MR) is 158 cm³/mol. The smallest absolute Gasteiger partial charge is 2.00 e. The third-order valence-electron chi connectivity index (χ3n) is 3.25. The van der Waals surface area contributed by atoms with Crippen LogP contribution in [0.4, 0.5) is 0 Å². The summed E-state index contributed by atoms with van der Waals surface area (Å²) in [6.45, 7) is 0. The van der Waals surface area contributed by atoms with Crippen molar-refractivity contribution in [2.24, 2.45) is 0 Å². The molecule has 338 valence electrons. The van der Waals surface area contributed by atoms with Gasteiger partial charge in [0, 0.05) is 99.1 Å². The van der Waals surface area contributed by atoms with Crippen molar-refractivity contribution >= 4 is 0 Å². The molecule has 60 heavy (non-hydrogen) atoms. The Kier molecular flexibility index (Phi) is 269. The minimum atomic E-state index is 0. The van der Waals surface area contributed by atoms with E-state index in [1.165, 1.54) is 0 Å². The van der Waals surface area contributed by atoms with Crippen LogP contribution < -0.4 is 0 Å². The SMILES string of the molecule is [Cr+6].[Cr+6].[Cr+6].[Cr+6].[Cu+2].[Cu+2].[O-2].[O-2].[O-2].[O-2].[O-2].[O-2].[O-2].[O-2].[O-2].[O-2].[O-2].[O-2].[O-2].[O-2].c1c[nH]cn1.c1c[nH]cn1.c1c[nH]cn1.c1c[nH]cn1.c1c[nH]cn1.c1c[nH]cn1.c1c[nH]cn1.c1c[nH]cn1. The van der Waals surface area contributed by atoms with Gasteiger partial charge in [-0.25, -0.2) is 39.9 Å². The van der Waals surface area contributed by atoms with E-state index >= 15 is 0 Å². The Bertz CT molecular complexity index is 884. The molecule has 8 aromatic heterocycles. The maximum Gasteiger partial charge on any atom is 6.00 e. The molecule has 0 aliphatic rings. The van der Waals surface area contributed by atoms with E-state index in [0.717, 1.165) is 0 Å². The second kappa shape index (κ2) is 124. The van der Waals surface area contributed by atoms with E-state index in [9.17, 15) is 0 Å². The largest absolute Gasteiger partial charge is 6.00 e. The van der Waals surface area contributed by atoms with Crippen LogP contribution >= 0.6 is 0 Å². The van der Waals surface area contributed by atoms with Gasteiger partial charge in [-0.3, -0.25) is 0 Å². The molecule has 0 amide bonds. The van der Waals surface area contributed by atoms with E-state index in [2.05, 4.69) is 79.7 Å². The minimum absolute atomic E-state index is 0. The summed E-state index contributed by atoms with van der Waals surface area (Å²) >= 11 is 0. The van der Waals surface area contributed by atoms with E-state index < -0.39 is 0 Å². The van der Waals surface area contributed by atoms with Crippen LogP contribution in [0.1, 0.15) is 0 Å². The van der Waals surface area contributed by atoms with Gasteiger partial charge in [0.05, 0.1) is 50.6 Å². The number of aromatic nitrogens is 16. The summed E-state index contributed by atoms with van der Waals surface area (Å²) < 4.78 is 0. The van der Waals surface area contributed by atoms with Crippen LogP contribution in [0.15, 0.2) is 150 Å². The molecule has 0 saturated heterocycles. The van der Waals surface area contributed by atoms with E-state index in [0.29, 0.717) is 0 Å². The molecule has 30 nitrogen and oxygen atoms in total. The molecule has 8 heterocycles. The van der Waals surface area contributed by atoms with Crippen LogP contribution in [0, 0.1) is 0 Å². The molecule has 8 aromatic rings. The number of nitrogens with one attached hydrogen (secondary N) is 8. The molecule has 0 unspecified atom stereocenters. The molecule has 8 rings (SSSR count). The van der Waals surface area contributed by atoms with Gasteiger partial charge in [0.25, 0.3) is 0 Å². The average molecular weight is 1100 g/mol. The zero-order valence-electron chi connectivity index (χ0n) is 29.4. The van der Waals surface area contributed by atoms with E-state index in [-0.39, 0.29) is 180 Å². The fourth-order valence-corrected chi connectivity index (χ4v) is 1.72. The first-order valence-corrected chi connectivity index (χ1v) is 11.4. The molecule has 0 aliphatic carbocycles. The number of imidazole rings is 8. The summed E-state index contributed by atoms with van der Waals surface area (Å²) in [5.41, 5.74) is 0. The van der Waals surface area contributed by atoms with Gasteiger partial charge >= 0.3 is 104 Å². The molecule has 8 N–H and O–H groups in total. The van der Waals surface area contributed by atoms with Crippen molar-refractivity contribution in [3.8, 4) is 0 Å². The standard InChI is InChI=1S/8C3H4N2.4Cr.2Cu.14O/c8*1-2-5-3-4-1;;;;;;;;;;;;;;;;;;;;/h8*1-3H,(H,4,5);;;;;;;;;;;;;;;;;;;;/q;;;;;;;;4*+6;2*+2;14*-2. The van der Waals surface area contributed by atoms with Crippen LogP contribution in [0.5, 0.6) is 0 Å². The van der Waals surface area contributed by atoms with Crippen molar-refractivity contribution in [2.45, 2.75) is 0 Å². The summed E-state index contributed by atoms with van der Waals surface area (Å²) in [7, 11) is 0. The van der Waals surface area contributed by atoms with Gasteiger partial charge in [0.2, 0.25) is 0 Å². The average Bonchev–Trinajstić information content (AvgIpc) is 3.95. The molecule has 0 fully saturated rings. The molecule has 2 radical (unpaired) electrons. The van der Waals surface area contributed by atoms with Gasteiger partial charge in [-0.05, 0) is 0 Å². The van der Waals surface area contributed by atoms with Gasteiger partial charge in [0.15, 0.2) is 0 Å². The second-order valence-electron chi connectivity index (χ2n) is 6.08. The Balaban J connectivity index is -0.0000000162. The Morgan fingerprint density at radius 2 is 0.267 bits per heavy atom. The summed E-state index contributed by atoms with van der Waals surface area (Å²) in [5, 5.41) is 0. The van der Waals surface area contributed by atoms with E-state index in [4.69, 9.17) is 0 Å². The van der Waals surface area contributed by atoms with Gasteiger partial charge in [0.1, 0.15) is 0 Å². The molecule has 0 aliphatic heterocycles. The van der Waals surface area contributed by atoms with Crippen molar-refractivity contribution in [3.05, 3.63) is 150 Å². The third kappa shape index (κ3) is 117. The maximum absolute atomic E-state index is 3.67. The molecular formula is C24H32Cr4Cu2N16O14. The Labute approximate surface area is 407 Å². The quantitative estimate of drug-likeness (QED) is 0.103. The first-order valence-electron chi connectivity index (χ1n) is 11.4. The van der Waals surface area contributed by atoms with Gasteiger partial charge in [-0.1, -0.05) is 0 Å². The van der Waals surface area contributed by atoms with Crippen molar-refractivity contribution < 1.29 is 180 Å². The molecule has 0 atom stereocenters. The first-order chi connectivity index (χ1) is 20.0. The fraction of sp³-hybridized carbons (Fsp3) is 0. The number of hydrogen-bond acceptors (Lipinski definition) is 8. The predicted octanol–water partition coefficient (Wildman–Crippen LogP) is 1.60. The van der Waals surface area contributed by atoms with Crippen molar-refractivity contribution in [2.75, 3.05) is 0 Å². The number of aromatic amines is 8. The monoisotopic (exact) mass is 1100 g/mol. The molecule has 0 aromatic carbocycles. The zero-order valence-corrected chi connectivity index (χ0v) is 36.4. The van der Waals surface area contributed by atoms with Gasteiger partial charge < -0.3 is 117 Å². The van der Waals surface area contributed by atoms with Crippen LogP contribution in [0.2, 0.25) is 0 Å². The summed E-state index contributed by atoms with van der Waals surface area (Å²) in [4.78, 5) is 51.3. The van der Waals surface area contributed by atoms with Crippen LogP contribution in [-0.4, -0.2) is 79.7 Å². The van der Waals surface area contributed by atoms with Crippen molar-refractivity contribution in [1.29, 1.82) is 0 Å². The molecule has 0 bridgehead atoms. The summed E-state index contributed by atoms with van der Waals surface area (Å²) in [5.74, 6) is 0. The first kappa shape index (κ1) is 131. The van der Waals surface area contributed by atoms with E-state index in [1.54, 1.807) is 150 Å². The number of rotatable bonds is 0. The van der Waals surface area contributed by atoms with E-state index in [1.807, 2.05) is 0 Å². The van der Waals surface area contributed by atoms with Crippen molar-refractivity contribution in [3.63, 3.8) is 0 Å². The fourth-order valence-electron chi connectivity index (χ4n) is 1.72. The van der Waals surface area contributed by atoms with Gasteiger partial charge in [-0.2, -0.15) is 0 Å². The van der Waals surface area contributed by atoms with Crippen LogP contribution in [0.3, 0.4) is 0 Å². The summed E-state index contributed by atoms with van der Waals surface area (Å²) in [6, 6.07) is 0. The second-order valence-corrected chi connectivity index (χ2v) is 6.08. The zero-order chi connectivity index (χ0) is 28.3. The Hall–Kier alpha value is -3.71. The number of H-pyrrole nitrogens is 8. The van der Waals surface area contributed by atoms with Crippen molar-refractivity contribution in [1.82, 2.24) is 79.7 Å². The topological polar surface area (TPSA) is 628 Å².